The van der Waals surface area contributed by atoms with E-state index >= 15 is 0 Å². The first-order chi connectivity index (χ1) is 14.8. The number of benzene rings is 3. The molecule has 1 heterocycles. The summed E-state index contributed by atoms with van der Waals surface area (Å²) in [5.74, 6) is 0. The van der Waals surface area contributed by atoms with Crippen LogP contribution in [0.5, 0.6) is 0 Å². The summed E-state index contributed by atoms with van der Waals surface area (Å²) in [6, 6.07) is 31.4. The average Bonchev–Trinajstić information content (AvgIpc) is 2.82. The highest BCUT2D eigenvalue weighted by atomic mass is 14.6. The maximum atomic E-state index is 4.08. The fourth-order valence-electron chi connectivity index (χ4n) is 3.17. The normalized spacial score (nSPS) is 11.6. The van der Waals surface area contributed by atoms with E-state index in [-0.39, 0.29) is 0 Å². The van der Waals surface area contributed by atoms with Gasteiger partial charge in [-0.3, -0.25) is 4.98 Å². The van der Waals surface area contributed by atoms with Crippen molar-refractivity contribution in [3.63, 3.8) is 0 Å². The molecule has 1 nitrogen and oxygen atoms in total. The molecule has 0 atom stereocenters. The van der Waals surface area contributed by atoms with Gasteiger partial charge in [-0.15, -0.1) is 0 Å². The summed E-state index contributed by atoms with van der Waals surface area (Å²) in [6.07, 6.45) is 16.5. The molecule has 0 spiro atoms. The van der Waals surface area contributed by atoms with E-state index in [4.69, 9.17) is 0 Å². The predicted octanol–water partition coefficient (Wildman–Crippen LogP) is 7.59. The van der Waals surface area contributed by atoms with Crippen molar-refractivity contribution in [2.24, 2.45) is 0 Å². The van der Waals surface area contributed by atoms with Crippen LogP contribution in [0.15, 0.2) is 103 Å². The summed E-state index contributed by atoms with van der Waals surface area (Å²) in [5.41, 5.74) is 7.02. The Bertz CT molecular complexity index is 992. The lowest BCUT2D eigenvalue weighted by atomic mass is 10.0. The first-order valence-electron chi connectivity index (χ1n) is 10.0. The molecule has 144 valence electrons. The molecule has 1 aromatic heterocycles. The van der Waals surface area contributed by atoms with E-state index < -0.39 is 0 Å². The minimum Gasteiger partial charge on any atom is -0.265 e. The quantitative estimate of drug-likeness (QED) is 0.312. The molecule has 0 amide bonds. The van der Waals surface area contributed by atoms with Crippen molar-refractivity contribution in [1.82, 2.24) is 4.98 Å². The summed E-state index contributed by atoms with van der Waals surface area (Å²) in [4.78, 5) is 4.08. The van der Waals surface area contributed by atoms with Crippen LogP contribution in [0, 0.1) is 0 Å². The van der Waals surface area contributed by atoms with Crippen molar-refractivity contribution in [2.75, 3.05) is 0 Å². The molecule has 0 aliphatic heterocycles. The number of hydrogen-bond donors (Lipinski definition) is 0. The maximum absolute atomic E-state index is 4.08. The lowest BCUT2D eigenvalue weighted by Gasteiger charge is -2.03. The molecule has 0 bridgehead atoms. The van der Waals surface area contributed by atoms with Gasteiger partial charge < -0.3 is 0 Å². The van der Waals surface area contributed by atoms with E-state index in [2.05, 4.69) is 108 Å². The zero-order valence-corrected chi connectivity index (χ0v) is 16.7. The van der Waals surface area contributed by atoms with Crippen LogP contribution in [0.25, 0.3) is 36.5 Å². The molecule has 0 unspecified atom stereocenters. The molecule has 0 saturated heterocycles. The molecule has 0 N–H and O–H groups in total. The molecule has 4 rings (SSSR count). The van der Waals surface area contributed by atoms with E-state index in [0.717, 1.165) is 11.1 Å². The van der Waals surface area contributed by atoms with Gasteiger partial charge in [0.05, 0.1) is 0 Å². The SMILES string of the molecule is C(=C\c1cc(/C=C/c2ccccc2)cc(/C=C/c2ccncc2)c1)/c1ccccc1. The lowest BCUT2D eigenvalue weighted by molar-refractivity contribution is 1.32. The maximum Gasteiger partial charge on any atom is 0.0273 e. The fourth-order valence-corrected chi connectivity index (χ4v) is 3.17. The minimum atomic E-state index is 1.14. The third-order valence-corrected chi connectivity index (χ3v) is 4.71. The lowest BCUT2D eigenvalue weighted by Crippen LogP contribution is -1.82. The topological polar surface area (TPSA) is 12.9 Å². The first kappa shape index (κ1) is 19.4. The largest absolute Gasteiger partial charge is 0.265 e. The molecule has 3 aromatic carbocycles. The third-order valence-electron chi connectivity index (χ3n) is 4.71. The smallest absolute Gasteiger partial charge is 0.0273 e. The van der Waals surface area contributed by atoms with E-state index in [0.29, 0.717) is 0 Å². The van der Waals surface area contributed by atoms with Gasteiger partial charge in [0.15, 0.2) is 0 Å². The van der Waals surface area contributed by atoms with Gasteiger partial charge in [0.1, 0.15) is 0 Å². The number of pyridine rings is 1. The van der Waals surface area contributed by atoms with Crippen LogP contribution in [0.1, 0.15) is 33.4 Å². The monoisotopic (exact) mass is 385 g/mol. The summed E-state index contributed by atoms with van der Waals surface area (Å²) in [7, 11) is 0. The van der Waals surface area contributed by atoms with Gasteiger partial charge in [-0.2, -0.15) is 0 Å². The molecule has 0 saturated carbocycles. The van der Waals surface area contributed by atoms with Crippen molar-refractivity contribution in [3.8, 4) is 0 Å². The molecule has 0 aliphatic carbocycles. The van der Waals surface area contributed by atoms with E-state index in [1.54, 1.807) is 0 Å². The highest BCUT2D eigenvalue weighted by molar-refractivity contribution is 5.78. The number of hydrogen-bond acceptors (Lipinski definition) is 1. The zero-order valence-electron chi connectivity index (χ0n) is 16.7. The second-order valence-electron chi connectivity index (χ2n) is 7.03. The number of nitrogens with zero attached hydrogens (tertiary/aromatic N) is 1. The molecule has 1 heteroatoms. The van der Waals surface area contributed by atoms with Gasteiger partial charge in [0, 0.05) is 12.4 Å². The van der Waals surface area contributed by atoms with Crippen LogP contribution < -0.4 is 0 Å². The Morgan fingerprint density at radius 3 is 1.10 bits per heavy atom. The Hall–Kier alpha value is -3.97. The zero-order chi connectivity index (χ0) is 20.4. The summed E-state index contributed by atoms with van der Waals surface area (Å²) in [6.45, 7) is 0. The number of aromatic nitrogens is 1. The van der Waals surface area contributed by atoms with Gasteiger partial charge in [0.25, 0.3) is 0 Å². The molecular weight excluding hydrogens is 362 g/mol. The van der Waals surface area contributed by atoms with Crippen LogP contribution in [-0.4, -0.2) is 4.98 Å². The highest BCUT2D eigenvalue weighted by Gasteiger charge is 1.97. The van der Waals surface area contributed by atoms with Crippen molar-refractivity contribution < 1.29 is 0 Å². The summed E-state index contributed by atoms with van der Waals surface area (Å²) >= 11 is 0. The van der Waals surface area contributed by atoms with Crippen molar-refractivity contribution in [1.29, 1.82) is 0 Å². The Morgan fingerprint density at radius 1 is 0.367 bits per heavy atom. The van der Waals surface area contributed by atoms with Crippen molar-refractivity contribution in [3.05, 3.63) is 137 Å². The second-order valence-corrected chi connectivity index (χ2v) is 7.03. The summed E-state index contributed by atoms with van der Waals surface area (Å²) in [5, 5.41) is 0. The van der Waals surface area contributed by atoms with E-state index in [9.17, 15) is 0 Å². The highest BCUT2D eigenvalue weighted by Crippen LogP contribution is 2.18. The van der Waals surface area contributed by atoms with Crippen LogP contribution in [-0.2, 0) is 0 Å². The Morgan fingerprint density at radius 2 is 0.700 bits per heavy atom. The van der Waals surface area contributed by atoms with E-state index in [1.807, 2.05) is 36.7 Å². The molecule has 4 aromatic rings. The van der Waals surface area contributed by atoms with Crippen molar-refractivity contribution >= 4 is 36.5 Å². The van der Waals surface area contributed by atoms with Crippen molar-refractivity contribution in [2.45, 2.75) is 0 Å². The van der Waals surface area contributed by atoms with Gasteiger partial charge in [-0.1, -0.05) is 97.1 Å². The van der Waals surface area contributed by atoms with Crippen LogP contribution in [0.3, 0.4) is 0 Å². The third kappa shape index (κ3) is 5.76. The fraction of sp³-hybridized carbons (Fsp3) is 0. The van der Waals surface area contributed by atoms with Crippen LogP contribution in [0.2, 0.25) is 0 Å². The van der Waals surface area contributed by atoms with Gasteiger partial charge in [-0.05, 0) is 63.7 Å². The van der Waals surface area contributed by atoms with Gasteiger partial charge >= 0.3 is 0 Å². The standard InChI is InChI=1S/C29H23N/c1-3-7-24(8-4-1)11-14-27-21-28(15-12-25-9-5-2-6-10-25)23-29(22-27)16-13-26-17-19-30-20-18-26/h1-23H/b14-11+,15-12+,16-13+. The minimum absolute atomic E-state index is 1.14. The van der Waals surface area contributed by atoms with Gasteiger partial charge in [0.2, 0.25) is 0 Å². The average molecular weight is 386 g/mol. The molecular formula is C29H23N. The van der Waals surface area contributed by atoms with Crippen LogP contribution >= 0.6 is 0 Å². The molecule has 0 fully saturated rings. The van der Waals surface area contributed by atoms with Gasteiger partial charge in [-0.25, -0.2) is 0 Å². The first-order valence-corrected chi connectivity index (χ1v) is 10.0. The van der Waals surface area contributed by atoms with E-state index in [1.165, 1.54) is 22.3 Å². The van der Waals surface area contributed by atoms with Crippen LogP contribution in [0.4, 0.5) is 0 Å². The Kier molecular flexibility index (Phi) is 6.45. The Labute approximate surface area is 178 Å². The number of rotatable bonds is 6. The molecule has 0 radical (unpaired) electrons. The molecule has 0 aliphatic rings. The molecule has 30 heavy (non-hydrogen) atoms. The summed E-state index contributed by atoms with van der Waals surface area (Å²) < 4.78 is 0. The Balaban J connectivity index is 1.65. The second kappa shape index (κ2) is 9.99. The predicted molar refractivity (Wildman–Crippen MR) is 130 cm³/mol.